The van der Waals surface area contributed by atoms with Gasteiger partial charge < -0.3 is 10.0 Å². The summed E-state index contributed by atoms with van der Waals surface area (Å²) in [6.07, 6.45) is 0.246. The van der Waals surface area contributed by atoms with Gasteiger partial charge in [-0.3, -0.25) is 4.79 Å². The zero-order valence-electron chi connectivity index (χ0n) is 9.29. The molecule has 1 unspecified atom stereocenters. The molecular formula is C11H15N3O2. The second-order valence-corrected chi connectivity index (χ2v) is 3.50. The third kappa shape index (κ3) is 3.70. The van der Waals surface area contributed by atoms with Crippen molar-refractivity contribution in [3.63, 3.8) is 0 Å². The molecule has 1 atom stereocenters. The zero-order chi connectivity index (χ0) is 12.0. The Morgan fingerprint density at radius 2 is 2.06 bits per heavy atom. The molecule has 0 bridgehead atoms. The van der Waals surface area contributed by atoms with Gasteiger partial charge in [-0.1, -0.05) is 30.3 Å². The fourth-order valence-corrected chi connectivity index (χ4v) is 1.06. The van der Waals surface area contributed by atoms with Gasteiger partial charge in [0, 0.05) is 14.1 Å². The van der Waals surface area contributed by atoms with Crippen LogP contribution < -0.4 is 5.43 Å². The summed E-state index contributed by atoms with van der Waals surface area (Å²) in [6.45, 7) is 0. The van der Waals surface area contributed by atoms with Crippen LogP contribution in [0.25, 0.3) is 0 Å². The van der Waals surface area contributed by atoms with Crippen molar-refractivity contribution in [1.82, 2.24) is 10.3 Å². The van der Waals surface area contributed by atoms with Gasteiger partial charge in [-0.25, -0.2) is 5.43 Å². The molecule has 1 amide bonds. The van der Waals surface area contributed by atoms with E-state index >= 15 is 0 Å². The molecule has 1 rings (SSSR count). The van der Waals surface area contributed by atoms with Crippen LogP contribution in [0.1, 0.15) is 11.7 Å². The Morgan fingerprint density at radius 1 is 1.44 bits per heavy atom. The molecule has 1 aromatic carbocycles. The number of hydrazone groups is 1. The van der Waals surface area contributed by atoms with Crippen LogP contribution in [-0.4, -0.2) is 36.3 Å². The number of rotatable bonds is 4. The number of carbonyl (C=O) groups excluding carboxylic acids is 1. The van der Waals surface area contributed by atoms with E-state index in [-0.39, 0.29) is 0 Å². The van der Waals surface area contributed by atoms with Gasteiger partial charge in [0.2, 0.25) is 0 Å². The van der Waals surface area contributed by atoms with Gasteiger partial charge in [-0.15, -0.1) is 0 Å². The number of hydrogen-bond donors (Lipinski definition) is 2. The first-order valence-electron chi connectivity index (χ1n) is 4.83. The van der Waals surface area contributed by atoms with Crippen molar-refractivity contribution in [1.29, 1.82) is 0 Å². The second-order valence-electron chi connectivity index (χ2n) is 3.50. The molecule has 0 aromatic heterocycles. The van der Waals surface area contributed by atoms with Crippen LogP contribution >= 0.6 is 0 Å². The SMILES string of the molecule is CN(C)C=NNC(=O)C(O)c1ccccc1. The maximum Gasteiger partial charge on any atom is 0.273 e. The van der Waals surface area contributed by atoms with Crippen LogP contribution in [0.15, 0.2) is 35.4 Å². The highest BCUT2D eigenvalue weighted by molar-refractivity contribution is 5.82. The third-order valence-electron chi connectivity index (χ3n) is 1.83. The monoisotopic (exact) mass is 221 g/mol. The standard InChI is InChI=1S/C11H15N3O2/c1-14(2)8-12-13-11(16)10(15)9-6-4-3-5-7-9/h3-8,10,15H,1-2H3,(H,13,16). The van der Waals surface area contributed by atoms with Gasteiger partial charge in [0.05, 0.1) is 0 Å². The summed E-state index contributed by atoms with van der Waals surface area (Å²) in [4.78, 5) is 13.1. The second kappa shape index (κ2) is 5.87. The molecule has 0 radical (unpaired) electrons. The highest BCUT2D eigenvalue weighted by Gasteiger charge is 2.15. The average molecular weight is 221 g/mol. The molecule has 0 aliphatic rings. The number of aliphatic hydroxyl groups is 1. The minimum atomic E-state index is -1.19. The van der Waals surface area contributed by atoms with Gasteiger partial charge >= 0.3 is 0 Å². The van der Waals surface area contributed by atoms with E-state index in [0.717, 1.165) is 0 Å². The van der Waals surface area contributed by atoms with Gasteiger partial charge in [0.25, 0.3) is 5.91 Å². The Bertz CT molecular complexity index is 363. The number of aliphatic hydroxyl groups excluding tert-OH is 1. The molecule has 0 heterocycles. The largest absolute Gasteiger partial charge is 0.378 e. The lowest BCUT2D eigenvalue weighted by atomic mass is 10.1. The van der Waals surface area contributed by atoms with E-state index in [2.05, 4.69) is 10.5 Å². The molecule has 0 saturated carbocycles. The van der Waals surface area contributed by atoms with Crippen LogP contribution in [0.4, 0.5) is 0 Å². The molecule has 2 N–H and O–H groups in total. The Kier molecular flexibility index (Phi) is 4.47. The Hall–Kier alpha value is -1.88. The summed E-state index contributed by atoms with van der Waals surface area (Å²) in [6, 6.07) is 8.70. The van der Waals surface area contributed by atoms with Gasteiger partial charge in [0.15, 0.2) is 6.10 Å². The molecule has 1 aromatic rings. The molecule has 0 aliphatic heterocycles. The fourth-order valence-electron chi connectivity index (χ4n) is 1.06. The third-order valence-corrected chi connectivity index (χ3v) is 1.83. The molecule has 16 heavy (non-hydrogen) atoms. The Labute approximate surface area is 94.4 Å². The molecule has 0 saturated heterocycles. The lowest BCUT2D eigenvalue weighted by Gasteiger charge is -2.09. The van der Waals surface area contributed by atoms with Crippen molar-refractivity contribution in [2.75, 3.05) is 14.1 Å². The number of nitrogens with one attached hydrogen (secondary N) is 1. The molecule has 0 aliphatic carbocycles. The van der Waals surface area contributed by atoms with Crippen molar-refractivity contribution in [3.05, 3.63) is 35.9 Å². The summed E-state index contributed by atoms with van der Waals surface area (Å²) >= 11 is 0. The molecule has 5 heteroatoms. The maximum absolute atomic E-state index is 11.4. The summed E-state index contributed by atoms with van der Waals surface area (Å²) in [5.41, 5.74) is 2.79. The van der Waals surface area contributed by atoms with E-state index in [4.69, 9.17) is 0 Å². The van der Waals surface area contributed by atoms with E-state index in [1.165, 1.54) is 6.34 Å². The molecular weight excluding hydrogens is 206 g/mol. The van der Waals surface area contributed by atoms with Crippen LogP contribution in [0.3, 0.4) is 0 Å². The number of nitrogens with zero attached hydrogens (tertiary/aromatic N) is 2. The molecule has 0 fully saturated rings. The quantitative estimate of drug-likeness (QED) is 0.438. The normalized spacial score (nSPS) is 12.4. The van der Waals surface area contributed by atoms with Crippen molar-refractivity contribution in [2.24, 2.45) is 5.10 Å². The summed E-state index contributed by atoms with van der Waals surface area (Å²) in [5.74, 6) is -0.552. The maximum atomic E-state index is 11.4. The lowest BCUT2D eigenvalue weighted by Crippen LogP contribution is -2.26. The van der Waals surface area contributed by atoms with Crippen molar-refractivity contribution in [2.45, 2.75) is 6.10 Å². The van der Waals surface area contributed by atoms with Crippen molar-refractivity contribution >= 4 is 12.2 Å². The number of hydrogen-bond acceptors (Lipinski definition) is 3. The highest BCUT2D eigenvalue weighted by atomic mass is 16.3. The summed E-state index contributed by atoms with van der Waals surface area (Å²) in [7, 11) is 3.56. The Balaban J connectivity index is 2.55. The number of benzene rings is 1. The van der Waals surface area contributed by atoms with Crippen molar-refractivity contribution in [3.8, 4) is 0 Å². The minimum absolute atomic E-state index is 0.542. The van der Waals surface area contributed by atoms with Gasteiger partial charge in [-0.05, 0) is 5.56 Å². The number of carbonyl (C=O) groups is 1. The summed E-state index contributed by atoms with van der Waals surface area (Å²) in [5, 5.41) is 13.3. The first-order chi connectivity index (χ1) is 7.61. The van der Waals surface area contributed by atoms with Crippen LogP contribution in [0, 0.1) is 0 Å². The average Bonchev–Trinajstić information content (AvgIpc) is 2.28. The molecule has 5 nitrogen and oxygen atoms in total. The smallest absolute Gasteiger partial charge is 0.273 e. The van der Waals surface area contributed by atoms with Crippen LogP contribution in [0.2, 0.25) is 0 Å². The van der Waals surface area contributed by atoms with Gasteiger partial charge in [-0.2, -0.15) is 5.10 Å². The lowest BCUT2D eigenvalue weighted by molar-refractivity contribution is -0.129. The van der Waals surface area contributed by atoms with Crippen molar-refractivity contribution < 1.29 is 9.90 Å². The van der Waals surface area contributed by atoms with E-state index < -0.39 is 12.0 Å². The van der Waals surface area contributed by atoms with E-state index in [1.54, 1.807) is 43.3 Å². The van der Waals surface area contributed by atoms with Gasteiger partial charge in [0.1, 0.15) is 6.34 Å². The fraction of sp³-hybridized carbons (Fsp3) is 0.273. The molecule has 86 valence electrons. The predicted octanol–water partition coefficient (Wildman–Crippen LogP) is 0.341. The minimum Gasteiger partial charge on any atom is -0.378 e. The van der Waals surface area contributed by atoms with Crippen LogP contribution in [0.5, 0.6) is 0 Å². The van der Waals surface area contributed by atoms with E-state index in [1.807, 2.05) is 6.07 Å². The number of amides is 1. The Morgan fingerprint density at radius 3 is 2.62 bits per heavy atom. The summed E-state index contributed by atoms with van der Waals surface area (Å²) < 4.78 is 0. The first kappa shape index (κ1) is 12.2. The molecule has 0 spiro atoms. The topological polar surface area (TPSA) is 64.9 Å². The van der Waals surface area contributed by atoms with E-state index in [9.17, 15) is 9.90 Å². The first-order valence-corrected chi connectivity index (χ1v) is 4.83. The highest BCUT2D eigenvalue weighted by Crippen LogP contribution is 2.11. The zero-order valence-corrected chi connectivity index (χ0v) is 9.29. The van der Waals surface area contributed by atoms with E-state index in [0.29, 0.717) is 5.56 Å². The predicted molar refractivity (Wildman–Crippen MR) is 61.7 cm³/mol. The van der Waals surface area contributed by atoms with Crippen LogP contribution in [-0.2, 0) is 4.79 Å².